The van der Waals surface area contributed by atoms with Gasteiger partial charge in [0.05, 0.1) is 5.69 Å². The van der Waals surface area contributed by atoms with Gasteiger partial charge in [-0.25, -0.2) is 4.98 Å². The summed E-state index contributed by atoms with van der Waals surface area (Å²) < 4.78 is 0. The van der Waals surface area contributed by atoms with Gasteiger partial charge < -0.3 is 11.1 Å². The Kier molecular flexibility index (Phi) is 3.19. The van der Waals surface area contributed by atoms with Crippen molar-refractivity contribution in [1.29, 1.82) is 0 Å². The van der Waals surface area contributed by atoms with Crippen LogP contribution in [0.2, 0.25) is 0 Å². The lowest BCUT2D eigenvalue weighted by molar-refractivity contribution is 1.03. The highest BCUT2D eigenvalue weighted by Gasteiger charge is 1.98. The van der Waals surface area contributed by atoms with Gasteiger partial charge in [0.1, 0.15) is 5.82 Å². The highest BCUT2D eigenvalue weighted by molar-refractivity contribution is 7.09. The standard InChI is InChI=1S/C11H13N3S/c12-10-4-1-6-13-11(10)14-7-5-9-3-2-8-15-9/h1-4,6,8H,5,7,12H2,(H,13,14). The maximum Gasteiger partial charge on any atom is 0.149 e. The first-order valence-corrected chi connectivity index (χ1v) is 5.71. The van der Waals surface area contributed by atoms with Gasteiger partial charge >= 0.3 is 0 Å². The average Bonchev–Trinajstić information content (AvgIpc) is 2.74. The Labute approximate surface area is 93.0 Å². The number of nitrogens with one attached hydrogen (secondary N) is 1. The molecule has 0 aliphatic heterocycles. The summed E-state index contributed by atoms with van der Waals surface area (Å²) in [5.41, 5.74) is 6.46. The minimum Gasteiger partial charge on any atom is -0.396 e. The average molecular weight is 219 g/mol. The second kappa shape index (κ2) is 4.79. The highest BCUT2D eigenvalue weighted by atomic mass is 32.1. The Bertz CT molecular complexity index is 412. The molecule has 0 aromatic carbocycles. The second-order valence-corrected chi connectivity index (χ2v) is 4.23. The van der Waals surface area contributed by atoms with Gasteiger partial charge in [-0.3, -0.25) is 0 Å². The smallest absolute Gasteiger partial charge is 0.149 e. The summed E-state index contributed by atoms with van der Waals surface area (Å²) in [4.78, 5) is 5.54. The van der Waals surface area contributed by atoms with E-state index in [4.69, 9.17) is 5.73 Å². The van der Waals surface area contributed by atoms with E-state index in [0.29, 0.717) is 5.69 Å². The molecule has 3 N–H and O–H groups in total. The Balaban J connectivity index is 1.86. The topological polar surface area (TPSA) is 50.9 Å². The number of nitrogens with zero attached hydrogens (tertiary/aromatic N) is 1. The third-order valence-corrected chi connectivity index (χ3v) is 3.02. The summed E-state index contributed by atoms with van der Waals surface area (Å²) in [6.45, 7) is 0.863. The molecule has 0 spiro atoms. The first kappa shape index (κ1) is 9.98. The van der Waals surface area contributed by atoms with Crippen molar-refractivity contribution in [3.63, 3.8) is 0 Å². The molecule has 0 atom stereocenters. The first-order chi connectivity index (χ1) is 7.36. The molecule has 0 radical (unpaired) electrons. The molecule has 0 saturated carbocycles. The van der Waals surface area contributed by atoms with Gasteiger partial charge in [0.15, 0.2) is 0 Å². The molecule has 15 heavy (non-hydrogen) atoms. The van der Waals surface area contributed by atoms with Gasteiger partial charge in [0.2, 0.25) is 0 Å². The number of anilines is 2. The van der Waals surface area contributed by atoms with Crippen LogP contribution < -0.4 is 11.1 Å². The minimum atomic E-state index is 0.698. The summed E-state index contributed by atoms with van der Waals surface area (Å²) >= 11 is 1.77. The molecule has 2 heterocycles. The number of rotatable bonds is 4. The van der Waals surface area contributed by atoms with E-state index in [9.17, 15) is 0 Å². The largest absolute Gasteiger partial charge is 0.396 e. The quantitative estimate of drug-likeness (QED) is 0.830. The molecule has 4 heteroatoms. The fraction of sp³-hybridized carbons (Fsp3) is 0.182. The monoisotopic (exact) mass is 219 g/mol. The van der Waals surface area contributed by atoms with Gasteiger partial charge in [-0.05, 0) is 30.0 Å². The normalized spacial score (nSPS) is 10.1. The van der Waals surface area contributed by atoms with Gasteiger partial charge in [-0.1, -0.05) is 6.07 Å². The lowest BCUT2D eigenvalue weighted by Crippen LogP contribution is -2.07. The number of nitrogen functional groups attached to an aromatic ring is 1. The van der Waals surface area contributed by atoms with Crippen molar-refractivity contribution in [1.82, 2.24) is 4.98 Å². The van der Waals surface area contributed by atoms with Crippen LogP contribution in [0.1, 0.15) is 4.88 Å². The SMILES string of the molecule is Nc1cccnc1NCCc1cccs1. The predicted octanol–water partition coefficient (Wildman–Crippen LogP) is 2.38. The highest BCUT2D eigenvalue weighted by Crippen LogP contribution is 2.14. The molecular formula is C11H13N3S. The Morgan fingerprint density at radius 1 is 1.33 bits per heavy atom. The third kappa shape index (κ3) is 2.70. The van der Waals surface area contributed by atoms with E-state index >= 15 is 0 Å². The molecule has 0 aliphatic rings. The molecule has 2 rings (SSSR count). The molecule has 0 fully saturated rings. The summed E-state index contributed by atoms with van der Waals surface area (Å²) in [5, 5.41) is 5.31. The van der Waals surface area contributed by atoms with Crippen LogP contribution in [0.15, 0.2) is 35.8 Å². The molecule has 0 unspecified atom stereocenters. The van der Waals surface area contributed by atoms with E-state index < -0.39 is 0 Å². The summed E-state index contributed by atoms with van der Waals surface area (Å²) in [7, 11) is 0. The van der Waals surface area contributed by atoms with E-state index in [1.807, 2.05) is 12.1 Å². The molecule has 0 amide bonds. The van der Waals surface area contributed by atoms with E-state index in [2.05, 4.69) is 27.8 Å². The van der Waals surface area contributed by atoms with Crippen molar-refractivity contribution in [3.8, 4) is 0 Å². The Morgan fingerprint density at radius 2 is 2.27 bits per heavy atom. The van der Waals surface area contributed by atoms with Crippen molar-refractivity contribution < 1.29 is 0 Å². The van der Waals surface area contributed by atoms with Crippen LogP contribution in [0.3, 0.4) is 0 Å². The van der Waals surface area contributed by atoms with Gasteiger partial charge in [-0.2, -0.15) is 0 Å². The number of pyridine rings is 1. The molecule has 0 bridgehead atoms. The number of thiophene rings is 1. The Morgan fingerprint density at radius 3 is 3.00 bits per heavy atom. The molecular weight excluding hydrogens is 206 g/mol. The lowest BCUT2D eigenvalue weighted by atomic mass is 10.3. The van der Waals surface area contributed by atoms with Crippen LogP contribution in [0.25, 0.3) is 0 Å². The fourth-order valence-corrected chi connectivity index (χ4v) is 2.03. The minimum absolute atomic E-state index is 0.698. The zero-order valence-electron chi connectivity index (χ0n) is 8.31. The van der Waals surface area contributed by atoms with E-state index in [1.54, 1.807) is 17.5 Å². The Hall–Kier alpha value is -1.55. The number of nitrogens with two attached hydrogens (primary N) is 1. The van der Waals surface area contributed by atoms with Crippen LogP contribution in [-0.4, -0.2) is 11.5 Å². The third-order valence-electron chi connectivity index (χ3n) is 2.08. The van der Waals surface area contributed by atoms with Crippen molar-refractivity contribution in [2.45, 2.75) is 6.42 Å². The van der Waals surface area contributed by atoms with Crippen LogP contribution >= 0.6 is 11.3 Å². The van der Waals surface area contributed by atoms with Crippen molar-refractivity contribution >= 4 is 22.8 Å². The lowest BCUT2D eigenvalue weighted by Gasteiger charge is -2.06. The molecule has 0 aliphatic carbocycles. The van der Waals surface area contributed by atoms with Crippen LogP contribution in [0, 0.1) is 0 Å². The van der Waals surface area contributed by atoms with Crippen molar-refractivity contribution in [2.24, 2.45) is 0 Å². The molecule has 78 valence electrons. The van der Waals surface area contributed by atoms with E-state index in [1.165, 1.54) is 4.88 Å². The molecule has 0 saturated heterocycles. The zero-order chi connectivity index (χ0) is 10.5. The number of hydrogen-bond acceptors (Lipinski definition) is 4. The van der Waals surface area contributed by atoms with Crippen LogP contribution in [0.5, 0.6) is 0 Å². The molecule has 2 aromatic rings. The van der Waals surface area contributed by atoms with Crippen molar-refractivity contribution in [3.05, 3.63) is 40.7 Å². The van der Waals surface area contributed by atoms with E-state index in [-0.39, 0.29) is 0 Å². The summed E-state index contributed by atoms with van der Waals surface area (Å²) in [6, 6.07) is 7.88. The number of aromatic nitrogens is 1. The maximum absolute atomic E-state index is 5.76. The molecule has 2 aromatic heterocycles. The zero-order valence-corrected chi connectivity index (χ0v) is 9.13. The fourth-order valence-electron chi connectivity index (χ4n) is 1.32. The van der Waals surface area contributed by atoms with Gasteiger partial charge in [0, 0.05) is 17.6 Å². The number of hydrogen-bond donors (Lipinski definition) is 2. The van der Waals surface area contributed by atoms with E-state index in [0.717, 1.165) is 18.8 Å². The predicted molar refractivity (Wildman–Crippen MR) is 65.2 cm³/mol. The van der Waals surface area contributed by atoms with Crippen LogP contribution in [0.4, 0.5) is 11.5 Å². The van der Waals surface area contributed by atoms with Crippen LogP contribution in [-0.2, 0) is 6.42 Å². The maximum atomic E-state index is 5.76. The second-order valence-electron chi connectivity index (χ2n) is 3.20. The summed E-state index contributed by atoms with van der Waals surface area (Å²) in [5.74, 6) is 0.772. The first-order valence-electron chi connectivity index (χ1n) is 4.83. The van der Waals surface area contributed by atoms with Crippen molar-refractivity contribution in [2.75, 3.05) is 17.6 Å². The summed E-state index contributed by atoms with van der Waals surface area (Å²) in [6.07, 6.45) is 2.75. The molecule has 3 nitrogen and oxygen atoms in total. The van der Waals surface area contributed by atoms with Gasteiger partial charge in [-0.15, -0.1) is 11.3 Å². The van der Waals surface area contributed by atoms with Gasteiger partial charge in [0.25, 0.3) is 0 Å².